The number of hydrogen-bond acceptors (Lipinski definition) is 4. The minimum atomic E-state index is -0.313. The van der Waals surface area contributed by atoms with Crippen molar-refractivity contribution in [3.05, 3.63) is 59.5 Å². The largest absolute Gasteiger partial charge is 0.369 e. The minimum absolute atomic E-state index is 0.0437. The summed E-state index contributed by atoms with van der Waals surface area (Å²) in [6, 6.07) is 12.5. The number of H-pyrrole nitrogens is 2. The molecule has 4 aromatic rings. The van der Waals surface area contributed by atoms with E-state index in [2.05, 4.69) is 45.0 Å². The van der Waals surface area contributed by atoms with Crippen molar-refractivity contribution in [2.75, 3.05) is 38.1 Å². The van der Waals surface area contributed by atoms with Crippen LogP contribution in [0.25, 0.3) is 33.7 Å². The molecular formula is C25H26FN5O. The van der Waals surface area contributed by atoms with E-state index in [4.69, 9.17) is 4.98 Å². The number of anilines is 1. The summed E-state index contributed by atoms with van der Waals surface area (Å²) in [5, 5.41) is 0. The molecule has 6 nitrogen and oxygen atoms in total. The Balaban J connectivity index is 1.60. The van der Waals surface area contributed by atoms with Crippen LogP contribution in [0.3, 0.4) is 0 Å². The van der Waals surface area contributed by atoms with Crippen LogP contribution in [0.2, 0.25) is 0 Å². The van der Waals surface area contributed by atoms with Gasteiger partial charge in [0.2, 0.25) is 0 Å². The Morgan fingerprint density at radius 1 is 1.03 bits per heavy atom. The van der Waals surface area contributed by atoms with Crippen LogP contribution in [0.1, 0.15) is 23.0 Å². The number of ketones is 1. The predicted octanol–water partition coefficient (Wildman–Crippen LogP) is 4.63. The van der Waals surface area contributed by atoms with E-state index in [1.54, 1.807) is 19.1 Å². The van der Waals surface area contributed by atoms with E-state index in [0.29, 0.717) is 11.4 Å². The van der Waals surface area contributed by atoms with Crippen molar-refractivity contribution in [3.63, 3.8) is 0 Å². The molecule has 0 unspecified atom stereocenters. The fourth-order valence-electron chi connectivity index (χ4n) is 4.52. The molecule has 3 heterocycles. The lowest BCUT2D eigenvalue weighted by atomic mass is 9.97. The number of piperazine rings is 1. The summed E-state index contributed by atoms with van der Waals surface area (Å²) in [4.78, 5) is 28.8. The van der Waals surface area contributed by atoms with Gasteiger partial charge in [-0.15, -0.1) is 0 Å². The van der Waals surface area contributed by atoms with Crippen molar-refractivity contribution in [2.45, 2.75) is 13.8 Å². The lowest BCUT2D eigenvalue weighted by molar-refractivity contribution is 0.101. The fourth-order valence-corrected chi connectivity index (χ4v) is 4.52. The predicted molar refractivity (Wildman–Crippen MR) is 126 cm³/mol. The first-order chi connectivity index (χ1) is 15.4. The number of benzene rings is 2. The van der Waals surface area contributed by atoms with E-state index in [0.717, 1.165) is 65.4 Å². The number of aromatic amines is 2. The number of carbonyl (C=O) groups is 1. The lowest BCUT2D eigenvalue weighted by Crippen LogP contribution is -2.44. The summed E-state index contributed by atoms with van der Waals surface area (Å²) in [5.74, 6) is 0.301. The molecule has 0 atom stereocenters. The van der Waals surface area contributed by atoms with Crippen molar-refractivity contribution < 1.29 is 9.18 Å². The Hall–Kier alpha value is -3.45. The summed E-state index contributed by atoms with van der Waals surface area (Å²) >= 11 is 0. The molecular weight excluding hydrogens is 405 g/mol. The number of Topliss-reactive ketones (excluding diaryl/α,β-unsaturated/α-hetero) is 1. The highest BCUT2D eigenvalue weighted by molar-refractivity contribution is 6.05. The molecule has 0 amide bonds. The van der Waals surface area contributed by atoms with Crippen LogP contribution in [0.4, 0.5) is 10.1 Å². The molecule has 2 aromatic carbocycles. The molecule has 0 radical (unpaired) electrons. The van der Waals surface area contributed by atoms with Gasteiger partial charge in [0.1, 0.15) is 5.82 Å². The van der Waals surface area contributed by atoms with Gasteiger partial charge in [0.15, 0.2) is 11.6 Å². The van der Waals surface area contributed by atoms with Crippen LogP contribution >= 0.6 is 0 Å². The van der Waals surface area contributed by atoms with Crippen LogP contribution in [-0.4, -0.2) is 58.9 Å². The maximum absolute atomic E-state index is 13.5. The number of nitrogens with one attached hydrogen (secondary N) is 2. The van der Waals surface area contributed by atoms with Gasteiger partial charge in [-0.05, 0) is 56.8 Å². The van der Waals surface area contributed by atoms with E-state index in [1.165, 1.54) is 12.1 Å². The molecule has 2 aromatic heterocycles. The maximum Gasteiger partial charge on any atom is 0.162 e. The second-order valence-corrected chi connectivity index (χ2v) is 8.52. The quantitative estimate of drug-likeness (QED) is 0.463. The van der Waals surface area contributed by atoms with E-state index in [-0.39, 0.29) is 11.6 Å². The summed E-state index contributed by atoms with van der Waals surface area (Å²) in [5.41, 5.74) is 6.59. The van der Waals surface area contributed by atoms with Gasteiger partial charge in [-0.2, -0.15) is 0 Å². The van der Waals surface area contributed by atoms with Crippen molar-refractivity contribution in [1.29, 1.82) is 0 Å². The van der Waals surface area contributed by atoms with E-state index in [1.807, 2.05) is 6.92 Å². The van der Waals surface area contributed by atoms with Gasteiger partial charge in [0, 0.05) is 48.7 Å². The first-order valence-electron chi connectivity index (χ1n) is 10.8. The molecule has 164 valence electrons. The van der Waals surface area contributed by atoms with Crippen LogP contribution in [0.5, 0.6) is 0 Å². The third-order valence-electron chi connectivity index (χ3n) is 6.24. The molecule has 32 heavy (non-hydrogen) atoms. The minimum Gasteiger partial charge on any atom is -0.369 e. The summed E-state index contributed by atoms with van der Waals surface area (Å²) < 4.78 is 13.5. The Labute approximate surface area is 186 Å². The van der Waals surface area contributed by atoms with Crippen molar-refractivity contribution in [1.82, 2.24) is 19.9 Å². The molecule has 1 fully saturated rings. The molecule has 1 aliphatic heterocycles. The Morgan fingerprint density at radius 3 is 2.44 bits per heavy atom. The number of aromatic nitrogens is 3. The third-order valence-corrected chi connectivity index (χ3v) is 6.24. The zero-order chi connectivity index (χ0) is 22.4. The smallest absolute Gasteiger partial charge is 0.162 e. The molecule has 0 aliphatic carbocycles. The van der Waals surface area contributed by atoms with Gasteiger partial charge in [0.25, 0.3) is 0 Å². The Morgan fingerprint density at radius 2 is 1.75 bits per heavy atom. The second kappa shape index (κ2) is 7.91. The molecule has 0 bridgehead atoms. The summed E-state index contributed by atoms with van der Waals surface area (Å²) in [7, 11) is 2.15. The molecule has 1 saturated heterocycles. The normalized spacial score (nSPS) is 14.9. The fraction of sp³-hybridized carbons (Fsp3) is 0.280. The number of aryl methyl sites for hydroxylation is 1. The van der Waals surface area contributed by atoms with Gasteiger partial charge in [-0.3, -0.25) is 4.79 Å². The number of nitrogens with zero attached hydrogens (tertiary/aromatic N) is 3. The van der Waals surface area contributed by atoms with Crippen LogP contribution < -0.4 is 4.90 Å². The standard InChI is InChI=1S/C25H26FN5O/c1-15-22(16(2)32)23(17-4-6-18(26)7-5-17)24(27-15)25-28-20-9-8-19(14-21(20)29-25)31-12-10-30(3)11-13-31/h4-9,14,27H,10-13H2,1-3H3,(H,28,29). The van der Waals surface area contributed by atoms with Gasteiger partial charge >= 0.3 is 0 Å². The Bertz CT molecular complexity index is 1300. The third kappa shape index (κ3) is 3.58. The van der Waals surface area contributed by atoms with Gasteiger partial charge in [0.05, 0.1) is 16.7 Å². The highest BCUT2D eigenvalue weighted by atomic mass is 19.1. The van der Waals surface area contributed by atoms with Gasteiger partial charge in [-0.25, -0.2) is 9.37 Å². The number of carbonyl (C=O) groups excluding carboxylic acids is 1. The highest BCUT2D eigenvalue weighted by Gasteiger charge is 2.23. The second-order valence-electron chi connectivity index (χ2n) is 8.52. The topological polar surface area (TPSA) is 68.0 Å². The monoisotopic (exact) mass is 431 g/mol. The maximum atomic E-state index is 13.5. The zero-order valence-corrected chi connectivity index (χ0v) is 18.5. The van der Waals surface area contributed by atoms with Crippen molar-refractivity contribution >= 4 is 22.5 Å². The Kier molecular flexibility index (Phi) is 5.06. The van der Waals surface area contributed by atoms with Gasteiger partial charge < -0.3 is 19.8 Å². The number of likely N-dealkylation sites (N-methyl/N-ethyl adjacent to an activating group) is 1. The van der Waals surface area contributed by atoms with Crippen LogP contribution in [-0.2, 0) is 0 Å². The summed E-state index contributed by atoms with van der Waals surface area (Å²) in [6.45, 7) is 7.49. The van der Waals surface area contributed by atoms with Crippen molar-refractivity contribution in [2.24, 2.45) is 0 Å². The molecule has 0 saturated carbocycles. The molecule has 0 spiro atoms. The van der Waals surface area contributed by atoms with Crippen LogP contribution in [0, 0.1) is 12.7 Å². The molecule has 5 rings (SSSR count). The average Bonchev–Trinajstić information content (AvgIpc) is 3.35. The number of rotatable bonds is 4. The molecule has 1 aliphatic rings. The first kappa shape index (κ1) is 20.5. The first-order valence-corrected chi connectivity index (χ1v) is 10.8. The number of fused-ring (bicyclic) bond motifs is 1. The molecule has 7 heteroatoms. The molecule has 2 N–H and O–H groups in total. The average molecular weight is 432 g/mol. The van der Waals surface area contributed by atoms with Crippen LogP contribution in [0.15, 0.2) is 42.5 Å². The van der Waals surface area contributed by atoms with E-state index >= 15 is 0 Å². The van der Waals surface area contributed by atoms with Gasteiger partial charge in [-0.1, -0.05) is 12.1 Å². The highest BCUT2D eigenvalue weighted by Crippen LogP contribution is 2.37. The zero-order valence-electron chi connectivity index (χ0n) is 18.5. The van der Waals surface area contributed by atoms with Crippen molar-refractivity contribution in [3.8, 4) is 22.6 Å². The summed E-state index contributed by atoms with van der Waals surface area (Å²) in [6.07, 6.45) is 0. The SMILES string of the molecule is CC(=O)c1c(C)[nH]c(-c2nc3cc(N4CCN(C)CC4)ccc3[nH]2)c1-c1ccc(F)cc1. The number of imidazole rings is 1. The number of halogens is 1. The lowest BCUT2D eigenvalue weighted by Gasteiger charge is -2.34. The van der Waals surface area contributed by atoms with E-state index in [9.17, 15) is 9.18 Å². The number of hydrogen-bond donors (Lipinski definition) is 2. The van der Waals surface area contributed by atoms with E-state index < -0.39 is 0 Å².